The molecular weight excluding hydrogens is 892 g/mol. The van der Waals surface area contributed by atoms with E-state index in [-0.39, 0.29) is 31.5 Å². The van der Waals surface area contributed by atoms with Crippen LogP contribution in [0.1, 0.15) is 258 Å². The molecule has 0 aliphatic rings. The molecule has 0 heterocycles. The summed E-state index contributed by atoms with van der Waals surface area (Å²) in [5, 5.41) is 3.04. The first-order chi connectivity index (χ1) is 33.9. The minimum atomic E-state index is -4.45. The largest absolute Gasteiger partial charge is 0.472 e. The van der Waals surface area contributed by atoms with Crippen molar-refractivity contribution in [3.8, 4) is 0 Å². The molecule has 3 atom stereocenters. The molecule has 0 saturated carbocycles. The summed E-state index contributed by atoms with van der Waals surface area (Å²) in [5.41, 5.74) is 0. The van der Waals surface area contributed by atoms with Gasteiger partial charge >= 0.3 is 13.8 Å². The van der Waals surface area contributed by atoms with Crippen molar-refractivity contribution in [2.75, 3.05) is 40.9 Å². The molecule has 0 aliphatic heterocycles. The van der Waals surface area contributed by atoms with Crippen LogP contribution in [0.2, 0.25) is 0 Å². The first-order valence-electron chi connectivity index (χ1n) is 29.1. The molecule has 0 radical (unpaired) electrons. The highest BCUT2D eigenvalue weighted by atomic mass is 31.2. The van der Waals surface area contributed by atoms with Crippen LogP contribution < -0.4 is 5.32 Å². The van der Waals surface area contributed by atoms with E-state index in [0.29, 0.717) is 17.4 Å². The zero-order valence-electron chi connectivity index (χ0n) is 46.5. The van der Waals surface area contributed by atoms with Gasteiger partial charge in [0, 0.05) is 12.8 Å². The number of hydrogen-bond donors (Lipinski definition) is 2. The van der Waals surface area contributed by atoms with E-state index in [1.165, 1.54) is 122 Å². The van der Waals surface area contributed by atoms with Gasteiger partial charge in [0.25, 0.3) is 0 Å². The van der Waals surface area contributed by atoms with Gasteiger partial charge in [-0.05, 0) is 89.5 Å². The molecule has 2 N–H and O–H groups in total. The second-order valence-electron chi connectivity index (χ2n) is 20.8. The number of quaternary nitrogens is 1. The number of rotatable bonds is 52. The number of amides is 1. The topological polar surface area (TPSA) is 111 Å². The highest BCUT2D eigenvalue weighted by Gasteiger charge is 2.30. The van der Waals surface area contributed by atoms with E-state index in [0.717, 1.165) is 103 Å². The number of carbonyl (C=O) groups is 2. The number of carbonyl (C=O) groups excluding carboxylic acids is 2. The normalized spacial score (nSPS) is 14.2. The SMILES string of the molecule is CC/C=C/C/C=C/C/C=C/CCCCCCCCC(=O)NC(COP(=O)(O)OCC[N+](C)(C)C)C(/C=C/CCCCCCCCCCC)OC(=O)CCCCCCCCC/C=C/CCCCCCCC. The molecule has 10 heteroatoms. The summed E-state index contributed by atoms with van der Waals surface area (Å²) in [6.45, 7) is 6.88. The number of allylic oxidation sites excluding steroid dienone is 9. The molecule has 0 aliphatic carbocycles. The third-order valence-electron chi connectivity index (χ3n) is 12.7. The van der Waals surface area contributed by atoms with Crippen LogP contribution in [0.25, 0.3) is 0 Å². The molecule has 0 aromatic heterocycles. The summed E-state index contributed by atoms with van der Waals surface area (Å²) in [6, 6.07) is -0.856. The average Bonchev–Trinajstić information content (AvgIpc) is 3.32. The monoisotopic (exact) mass is 1000 g/mol. The zero-order chi connectivity index (χ0) is 51.5. The molecule has 1 amide bonds. The van der Waals surface area contributed by atoms with Crippen molar-refractivity contribution in [1.82, 2.24) is 5.32 Å². The Morgan fingerprint density at radius 3 is 1.39 bits per heavy atom. The Labute approximate surface area is 432 Å². The predicted octanol–water partition coefficient (Wildman–Crippen LogP) is 17.5. The zero-order valence-corrected chi connectivity index (χ0v) is 47.4. The number of unbranched alkanes of at least 4 members (excludes halogenated alkanes) is 28. The first-order valence-corrected chi connectivity index (χ1v) is 30.6. The number of nitrogens with zero attached hydrogens (tertiary/aromatic N) is 1. The van der Waals surface area contributed by atoms with Crippen LogP contribution in [0.5, 0.6) is 0 Å². The fourth-order valence-electron chi connectivity index (χ4n) is 8.18. The summed E-state index contributed by atoms with van der Waals surface area (Å²) >= 11 is 0. The van der Waals surface area contributed by atoms with Crippen LogP contribution in [-0.4, -0.2) is 74.3 Å². The van der Waals surface area contributed by atoms with Gasteiger partial charge < -0.3 is 19.4 Å². The van der Waals surface area contributed by atoms with Crippen molar-refractivity contribution in [2.24, 2.45) is 0 Å². The second kappa shape index (κ2) is 50.3. The highest BCUT2D eigenvalue weighted by molar-refractivity contribution is 7.47. The van der Waals surface area contributed by atoms with Gasteiger partial charge in [0.05, 0.1) is 33.8 Å². The Morgan fingerprint density at radius 2 is 0.914 bits per heavy atom. The van der Waals surface area contributed by atoms with Crippen molar-refractivity contribution in [1.29, 1.82) is 0 Å². The van der Waals surface area contributed by atoms with Crippen molar-refractivity contribution < 1.29 is 37.3 Å². The molecule has 3 unspecified atom stereocenters. The van der Waals surface area contributed by atoms with E-state index < -0.39 is 20.0 Å². The van der Waals surface area contributed by atoms with E-state index in [4.69, 9.17) is 13.8 Å². The molecule has 0 bridgehead atoms. The van der Waals surface area contributed by atoms with Gasteiger partial charge in [0.15, 0.2) is 0 Å². The van der Waals surface area contributed by atoms with Crippen molar-refractivity contribution in [3.63, 3.8) is 0 Å². The van der Waals surface area contributed by atoms with Crippen molar-refractivity contribution in [2.45, 2.75) is 270 Å². The molecule has 0 spiro atoms. The lowest BCUT2D eigenvalue weighted by Gasteiger charge is -2.27. The van der Waals surface area contributed by atoms with Gasteiger partial charge in [-0.25, -0.2) is 4.57 Å². The van der Waals surface area contributed by atoms with Crippen molar-refractivity contribution >= 4 is 19.7 Å². The summed E-state index contributed by atoms with van der Waals surface area (Å²) in [7, 11) is 1.48. The molecular formula is C60H112N2O7P+. The number of phosphoric acid groups is 1. The smallest absolute Gasteiger partial charge is 0.456 e. The van der Waals surface area contributed by atoms with E-state index in [1.54, 1.807) is 0 Å². The molecule has 0 saturated heterocycles. The van der Waals surface area contributed by atoms with E-state index in [2.05, 4.69) is 74.7 Å². The lowest BCUT2D eigenvalue weighted by Crippen LogP contribution is -2.47. The van der Waals surface area contributed by atoms with Gasteiger partial charge in [-0.1, -0.05) is 217 Å². The standard InChI is InChI=1S/C60H111N2O7P/c1-7-10-13-16-19-22-25-27-29-31-33-35-38-41-44-47-50-53-60(64)69-58(51-48-45-42-39-36-24-21-18-15-12-9-3)57(56-68-70(65,66)67-55-54-62(4,5)6)61-59(63)52-49-46-43-40-37-34-32-30-28-26-23-20-17-14-11-8-2/h11,14,20,23,27-30,48,51,57-58H,7-10,12-13,15-19,21-22,24-26,31-47,49-50,52-56H2,1-6H3,(H-,61,63,65,66)/p+1/b14-11+,23-20+,29-27+,30-28+,51-48+. The Bertz CT molecular complexity index is 1390. The van der Waals surface area contributed by atoms with Gasteiger partial charge in [-0.15, -0.1) is 0 Å². The second-order valence-corrected chi connectivity index (χ2v) is 22.2. The maximum Gasteiger partial charge on any atom is 0.472 e. The summed E-state index contributed by atoms with van der Waals surface area (Å²) in [5.74, 6) is -0.524. The number of phosphoric ester groups is 1. The van der Waals surface area contributed by atoms with Crippen LogP contribution in [0.4, 0.5) is 0 Å². The van der Waals surface area contributed by atoms with Gasteiger partial charge in [0.1, 0.15) is 19.3 Å². The maximum atomic E-state index is 13.5. The van der Waals surface area contributed by atoms with Crippen LogP contribution >= 0.6 is 7.82 Å². The number of hydrogen-bond acceptors (Lipinski definition) is 6. The quantitative estimate of drug-likeness (QED) is 0.0205. The summed E-state index contributed by atoms with van der Waals surface area (Å²) in [6.07, 6.45) is 62.1. The Balaban J connectivity index is 5.32. The fraction of sp³-hybridized carbons (Fsp3) is 0.800. The average molecular weight is 1000 g/mol. The van der Waals surface area contributed by atoms with Gasteiger partial charge in [0.2, 0.25) is 5.91 Å². The summed E-state index contributed by atoms with van der Waals surface area (Å²) in [4.78, 5) is 37.6. The van der Waals surface area contributed by atoms with Gasteiger partial charge in [-0.3, -0.25) is 18.6 Å². The third kappa shape index (κ3) is 50.6. The molecule has 70 heavy (non-hydrogen) atoms. The van der Waals surface area contributed by atoms with E-state index in [9.17, 15) is 19.0 Å². The molecule has 0 aromatic carbocycles. The lowest BCUT2D eigenvalue weighted by atomic mass is 10.1. The van der Waals surface area contributed by atoms with E-state index >= 15 is 0 Å². The van der Waals surface area contributed by atoms with Crippen molar-refractivity contribution in [3.05, 3.63) is 60.8 Å². The Morgan fingerprint density at radius 1 is 0.514 bits per heavy atom. The van der Waals surface area contributed by atoms with Crippen LogP contribution in [0.15, 0.2) is 60.8 Å². The van der Waals surface area contributed by atoms with Crippen LogP contribution in [-0.2, 0) is 27.9 Å². The van der Waals surface area contributed by atoms with E-state index in [1.807, 2.05) is 33.3 Å². The number of esters is 1. The first kappa shape index (κ1) is 67.7. The lowest BCUT2D eigenvalue weighted by molar-refractivity contribution is -0.870. The number of likely N-dealkylation sites (N-methyl/N-ethyl adjacent to an activating group) is 1. The Kier molecular flexibility index (Phi) is 48.6. The molecule has 0 fully saturated rings. The predicted molar refractivity (Wildman–Crippen MR) is 300 cm³/mol. The number of ether oxygens (including phenoxy) is 1. The summed E-state index contributed by atoms with van der Waals surface area (Å²) < 4.78 is 30.6. The fourth-order valence-corrected chi connectivity index (χ4v) is 8.92. The van der Waals surface area contributed by atoms with Crippen LogP contribution in [0, 0.1) is 0 Å². The number of nitrogens with one attached hydrogen (secondary N) is 1. The minimum Gasteiger partial charge on any atom is -0.456 e. The Hall–Kier alpha value is -2.29. The highest BCUT2D eigenvalue weighted by Crippen LogP contribution is 2.43. The molecule has 408 valence electrons. The minimum absolute atomic E-state index is 0.0355. The molecule has 0 aromatic rings. The van der Waals surface area contributed by atoms with Crippen LogP contribution in [0.3, 0.4) is 0 Å². The maximum absolute atomic E-state index is 13.5. The van der Waals surface area contributed by atoms with Gasteiger partial charge in [-0.2, -0.15) is 0 Å². The molecule has 0 rings (SSSR count). The third-order valence-corrected chi connectivity index (χ3v) is 13.7. The molecule has 9 nitrogen and oxygen atoms in total.